The van der Waals surface area contributed by atoms with Crippen LogP contribution in [0, 0.1) is 0 Å². The van der Waals surface area contributed by atoms with Gasteiger partial charge in [0.1, 0.15) is 17.6 Å². The molecule has 0 N–H and O–H groups in total. The summed E-state index contributed by atoms with van der Waals surface area (Å²) in [5.74, 6) is 1.26. The molecule has 0 amide bonds. The Balaban J connectivity index is 3.06. The van der Waals surface area contributed by atoms with Gasteiger partial charge in [-0.1, -0.05) is 6.92 Å². The molecule has 0 fully saturated rings. The highest BCUT2D eigenvalue weighted by atomic mass is 16.5. The molecule has 1 aromatic carbocycles. The number of Topliss-reactive ketones (excluding diaryl/α,β-unsaturated/α-hetero) is 1. The molecule has 1 aromatic rings. The molecule has 1 unspecified atom stereocenters. The zero-order valence-electron chi connectivity index (χ0n) is 11.4. The van der Waals surface area contributed by atoms with Crippen LogP contribution in [-0.4, -0.2) is 26.6 Å². The Bertz CT molecular complexity index is 401. The summed E-state index contributed by atoms with van der Waals surface area (Å²) in [6.45, 7) is 4.06. The first kappa shape index (κ1) is 14.5. The second-order valence-electron chi connectivity index (χ2n) is 3.97. The molecular weight excluding hydrogens is 232 g/mol. The summed E-state index contributed by atoms with van der Waals surface area (Å²) in [5.41, 5.74) is 0.735. The van der Waals surface area contributed by atoms with E-state index in [4.69, 9.17) is 14.2 Å². The fraction of sp³-hybridized carbons (Fsp3) is 0.500. The highest BCUT2D eigenvalue weighted by molar-refractivity contribution is 5.82. The van der Waals surface area contributed by atoms with E-state index in [1.807, 2.05) is 6.92 Å². The number of hydrogen-bond donors (Lipinski definition) is 0. The lowest BCUT2D eigenvalue weighted by Gasteiger charge is -2.18. The van der Waals surface area contributed by atoms with E-state index in [1.165, 1.54) is 6.92 Å². The van der Waals surface area contributed by atoms with Gasteiger partial charge in [-0.05, 0) is 25.5 Å². The lowest BCUT2D eigenvalue weighted by atomic mass is 10.0. The average molecular weight is 252 g/mol. The first-order valence-corrected chi connectivity index (χ1v) is 5.98. The second kappa shape index (κ2) is 7.01. The SMILES string of the molecule is CCCOC(C(C)=O)c1ccc(OC)cc1OC. The van der Waals surface area contributed by atoms with Crippen LogP contribution in [0.5, 0.6) is 11.5 Å². The minimum atomic E-state index is -0.578. The predicted octanol–water partition coefficient (Wildman–Crippen LogP) is 2.76. The minimum Gasteiger partial charge on any atom is -0.497 e. The highest BCUT2D eigenvalue weighted by Crippen LogP contribution is 2.31. The summed E-state index contributed by atoms with van der Waals surface area (Å²) in [6, 6.07) is 5.35. The molecule has 0 aliphatic heterocycles. The van der Waals surface area contributed by atoms with E-state index >= 15 is 0 Å². The Morgan fingerprint density at radius 2 is 2.00 bits per heavy atom. The smallest absolute Gasteiger partial charge is 0.163 e. The van der Waals surface area contributed by atoms with Crippen LogP contribution in [0.25, 0.3) is 0 Å². The molecule has 0 aliphatic carbocycles. The van der Waals surface area contributed by atoms with Crippen LogP contribution in [0.3, 0.4) is 0 Å². The molecule has 18 heavy (non-hydrogen) atoms. The molecule has 100 valence electrons. The van der Waals surface area contributed by atoms with Crippen molar-refractivity contribution in [3.05, 3.63) is 23.8 Å². The lowest BCUT2D eigenvalue weighted by Crippen LogP contribution is -2.14. The molecular formula is C14H20O4. The van der Waals surface area contributed by atoms with E-state index in [9.17, 15) is 4.79 Å². The van der Waals surface area contributed by atoms with Crippen molar-refractivity contribution in [1.29, 1.82) is 0 Å². The lowest BCUT2D eigenvalue weighted by molar-refractivity contribution is -0.128. The van der Waals surface area contributed by atoms with Crippen molar-refractivity contribution in [2.45, 2.75) is 26.4 Å². The third kappa shape index (κ3) is 3.47. The monoisotopic (exact) mass is 252 g/mol. The van der Waals surface area contributed by atoms with Crippen LogP contribution in [0.15, 0.2) is 18.2 Å². The van der Waals surface area contributed by atoms with Gasteiger partial charge in [0.2, 0.25) is 0 Å². The van der Waals surface area contributed by atoms with Crippen molar-refractivity contribution in [1.82, 2.24) is 0 Å². The zero-order chi connectivity index (χ0) is 13.5. The minimum absolute atomic E-state index is 0.0353. The zero-order valence-corrected chi connectivity index (χ0v) is 11.4. The summed E-state index contributed by atoms with van der Waals surface area (Å²) in [5, 5.41) is 0. The number of rotatable bonds is 7. The number of benzene rings is 1. The summed E-state index contributed by atoms with van der Waals surface area (Å²) >= 11 is 0. The fourth-order valence-corrected chi connectivity index (χ4v) is 1.70. The topological polar surface area (TPSA) is 44.8 Å². The van der Waals surface area contributed by atoms with Crippen LogP contribution in [0.1, 0.15) is 31.9 Å². The van der Waals surface area contributed by atoms with Crippen LogP contribution in [-0.2, 0) is 9.53 Å². The Labute approximate surface area is 108 Å². The molecule has 4 nitrogen and oxygen atoms in total. The summed E-state index contributed by atoms with van der Waals surface area (Å²) in [6.07, 6.45) is 0.285. The first-order valence-electron chi connectivity index (χ1n) is 5.98. The molecule has 1 atom stereocenters. The standard InChI is InChI=1S/C14H20O4/c1-5-8-18-14(10(2)15)12-7-6-11(16-3)9-13(12)17-4/h6-7,9,14H,5,8H2,1-4H3. The molecule has 0 radical (unpaired) electrons. The van der Waals surface area contributed by atoms with E-state index < -0.39 is 6.10 Å². The van der Waals surface area contributed by atoms with Gasteiger partial charge in [0.05, 0.1) is 14.2 Å². The number of carbonyl (C=O) groups excluding carboxylic acids is 1. The molecule has 0 spiro atoms. The summed E-state index contributed by atoms with van der Waals surface area (Å²) < 4.78 is 16.0. The van der Waals surface area contributed by atoms with E-state index in [-0.39, 0.29) is 5.78 Å². The molecule has 4 heteroatoms. The Hall–Kier alpha value is -1.55. The molecule has 0 aromatic heterocycles. The molecule has 0 aliphatic rings. The van der Waals surface area contributed by atoms with E-state index in [0.29, 0.717) is 18.1 Å². The van der Waals surface area contributed by atoms with Gasteiger partial charge in [0.25, 0.3) is 0 Å². The fourth-order valence-electron chi connectivity index (χ4n) is 1.70. The van der Waals surface area contributed by atoms with Crippen molar-refractivity contribution < 1.29 is 19.0 Å². The van der Waals surface area contributed by atoms with E-state index in [0.717, 1.165) is 12.0 Å². The quantitative estimate of drug-likeness (QED) is 0.748. The van der Waals surface area contributed by atoms with Gasteiger partial charge in [-0.25, -0.2) is 0 Å². The molecule has 0 bridgehead atoms. The largest absolute Gasteiger partial charge is 0.497 e. The van der Waals surface area contributed by atoms with Gasteiger partial charge in [-0.15, -0.1) is 0 Å². The summed E-state index contributed by atoms with van der Waals surface area (Å²) in [7, 11) is 3.15. The molecule has 0 heterocycles. The van der Waals surface area contributed by atoms with Crippen molar-refractivity contribution in [3.8, 4) is 11.5 Å². The number of carbonyl (C=O) groups is 1. The van der Waals surface area contributed by atoms with Gasteiger partial charge < -0.3 is 14.2 Å². The third-order valence-corrected chi connectivity index (χ3v) is 2.58. The van der Waals surface area contributed by atoms with Gasteiger partial charge in [-0.2, -0.15) is 0 Å². The third-order valence-electron chi connectivity index (χ3n) is 2.58. The van der Waals surface area contributed by atoms with Crippen molar-refractivity contribution in [2.24, 2.45) is 0 Å². The number of ether oxygens (including phenoxy) is 3. The van der Waals surface area contributed by atoms with E-state index in [2.05, 4.69) is 0 Å². The maximum atomic E-state index is 11.7. The maximum Gasteiger partial charge on any atom is 0.163 e. The Morgan fingerprint density at radius 1 is 1.28 bits per heavy atom. The maximum absolute atomic E-state index is 11.7. The molecule has 0 saturated heterocycles. The van der Waals surface area contributed by atoms with Crippen LogP contribution in [0.4, 0.5) is 0 Å². The molecule has 1 rings (SSSR count). The van der Waals surface area contributed by atoms with Gasteiger partial charge in [-0.3, -0.25) is 4.79 Å². The van der Waals surface area contributed by atoms with Crippen LogP contribution in [0.2, 0.25) is 0 Å². The highest BCUT2D eigenvalue weighted by Gasteiger charge is 2.21. The predicted molar refractivity (Wildman–Crippen MR) is 69.2 cm³/mol. The van der Waals surface area contributed by atoms with Crippen molar-refractivity contribution >= 4 is 5.78 Å². The van der Waals surface area contributed by atoms with Gasteiger partial charge in [0, 0.05) is 18.2 Å². The summed E-state index contributed by atoms with van der Waals surface area (Å²) in [4.78, 5) is 11.7. The number of methoxy groups -OCH3 is 2. The van der Waals surface area contributed by atoms with Crippen LogP contribution < -0.4 is 9.47 Å². The first-order chi connectivity index (χ1) is 8.63. The van der Waals surface area contributed by atoms with Crippen molar-refractivity contribution in [3.63, 3.8) is 0 Å². The Kier molecular flexibility index (Phi) is 5.65. The second-order valence-corrected chi connectivity index (χ2v) is 3.97. The van der Waals surface area contributed by atoms with Crippen LogP contribution >= 0.6 is 0 Å². The van der Waals surface area contributed by atoms with Gasteiger partial charge >= 0.3 is 0 Å². The molecule has 0 saturated carbocycles. The number of hydrogen-bond acceptors (Lipinski definition) is 4. The van der Waals surface area contributed by atoms with E-state index in [1.54, 1.807) is 32.4 Å². The van der Waals surface area contributed by atoms with Crippen molar-refractivity contribution in [2.75, 3.05) is 20.8 Å². The Morgan fingerprint density at radius 3 is 2.50 bits per heavy atom. The van der Waals surface area contributed by atoms with Gasteiger partial charge in [0.15, 0.2) is 5.78 Å². The normalized spacial score (nSPS) is 12.0. The average Bonchev–Trinajstić information content (AvgIpc) is 2.38. The number of ketones is 1.